The second-order valence-corrected chi connectivity index (χ2v) is 7.19. The molecule has 2 amide bonds. The topological polar surface area (TPSA) is 98.0 Å². The van der Waals surface area contributed by atoms with Crippen LogP contribution in [0.15, 0.2) is 71.7 Å². The summed E-state index contributed by atoms with van der Waals surface area (Å²) in [7, 11) is 0. The van der Waals surface area contributed by atoms with Gasteiger partial charge in [0.25, 0.3) is 0 Å². The van der Waals surface area contributed by atoms with Gasteiger partial charge in [-0.2, -0.15) is 0 Å². The Morgan fingerprint density at radius 3 is 2.23 bits per heavy atom. The molecule has 8 nitrogen and oxygen atoms in total. The second-order valence-electron chi connectivity index (χ2n) is 7.19. The van der Waals surface area contributed by atoms with Gasteiger partial charge in [-0.05, 0) is 55.5 Å². The molecule has 2 N–H and O–H groups in total. The molecule has 0 saturated heterocycles. The predicted octanol–water partition coefficient (Wildman–Crippen LogP) is 3.09. The van der Waals surface area contributed by atoms with Crippen LogP contribution in [0.1, 0.15) is 12.5 Å². The Bertz CT molecular complexity index is 1320. The van der Waals surface area contributed by atoms with Crippen LogP contribution >= 0.6 is 0 Å². The average molecular weight is 415 g/mol. The molecule has 0 aliphatic rings. The lowest BCUT2D eigenvalue weighted by molar-refractivity contribution is -0.117. The molecule has 2 aromatic carbocycles. The van der Waals surface area contributed by atoms with Gasteiger partial charge in [0, 0.05) is 24.5 Å². The Hall–Kier alpha value is -4.20. The van der Waals surface area contributed by atoms with Crippen molar-refractivity contribution in [3.8, 4) is 5.69 Å². The van der Waals surface area contributed by atoms with E-state index < -0.39 is 0 Å². The number of hydrogen-bond acceptors (Lipinski definition) is 4. The number of rotatable bonds is 5. The van der Waals surface area contributed by atoms with E-state index in [1.54, 1.807) is 42.6 Å². The fourth-order valence-electron chi connectivity index (χ4n) is 3.35. The van der Waals surface area contributed by atoms with Crippen LogP contribution in [0.3, 0.4) is 0 Å². The highest BCUT2D eigenvalue weighted by molar-refractivity contribution is 5.92. The largest absolute Gasteiger partial charge is 0.335 e. The Labute approximate surface area is 178 Å². The first-order valence-corrected chi connectivity index (χ1v) is 9.73. The van der Waals surface area contributed by atoms with Gasteiger partial charge in [0.15, 0.2) is 5.65 Å². The van der Waals surface area contributed by atoms with Crippen molar-refractivity contribution in [2.24, 2.45) is 0 Å². The van der Waals surface area contributed by atoms with Crippen molar-refractivity contribution in [3.63, 3.8) is 0 Å². The molecule has 4 rings (SSSR count). The van der Waals surface area contributed by atoms with Gasteiger partial charge in [0.1, 0.15) is 6.54 Å². The summed E-state index contributed by atoms with van der Waals surface area (Å²) in [5.74, 6) is -0.518. The number of aryl methyl sites for hydroxylation is 1. The third-order valence-electron chi connectivity index (χ3n) is 4.77. The van der Waals surface area contributed by atoms with Crippen LogP contribution in [0, 0.1) is 6.92 Å². The van der Waals surface area contributed by atoms with Crippen LogP contribution in [0.2, 0.25) is 0 Å². The number of carbonyl (C=O) groups excluding carboxylic acids is 2. The van der Waals surface area contributed by atoms with Gasteiger partial charge in [-0.15, -0.1) is 0 Å². The van der Waals surface area contributed by atoms with Gasteiger partial charge < -0.3 is 10.6 Å². The van der Waals surface area contributed by atoms with Crippen molar-refractivity contribution < 1.29 is 9.59 Å². The molecule has 0 fully saturated rings. The smallest absolute Gasteiger partial charge is 0.326 e. The normalized spacial score (nSPS) is 10.8. The molecule has 0 radical (unpaired) electrons. The SMILES string of the molecule is CC(=O)Nc1ccc(NC(=O)Cn2c(=O)n(-c3ccc(C)cc3)c3ncccc32)cc1. The minimum atomic E-state index is -0.346. The first kappa shape index (κ1) is 20.1. The quantitative estimate of drug-likeness (QED) is 0.523. The van der Waals surface area contributed by atoms with Gasteiger partial charge in [-0.25, -0.2) is 14.3 Å². The second kappa shape index (κ2) is 8.27. The Morgan fingerprint density at radius 1 is 0.935 bits per heavy atom. The number of benzene rings is 2. The van der Waals surface area contributed by atoms with E-state index in [0.29, 0.717) is 28.2 Å². The number of imidazole rings is 1. The highest BCUT2D eigenvalue weighted by atomic mass is 16.2. The number of fused-ring (bicyclic) bond motifs is 1. The molecule has 0 atom stereocenters. The molecule has 8 heteroatoms. The van der Waals surface area contributed by atoms with E-state index >= 15 is 0 Å². The maximum Gasteiger partial charge on any atom is 0.335 e. The zero-order valence-electron chi connectivity index (χ0n) is 17.1. The number of anilines is 2. The van der Waals surface area contributed by atoms with Crippen molar-refractivity contribution in [1.29, 1.82) is 0 Å². The zero-order valence-corrected chi connectivity index (χ0v) is 17.1. The molecule has 0 aliphatic carbocycles. The van der Waals surface area contributed by atoms with Crippen LogP contribution < -0.4 is 16.3 Å². The Kier molecular flexibility index (Phi) is 5.36. The summed E-state index contributed by atoms with van der Waals surface area (Å²) in [5.41, 5.74) is 3.69. The standard InChI is InChI=1S/C23H21N5O3/c1-15-5-11-19(12-6-15)28-22-20(4-3-13-24-22)27(23(28)31)14-21(30)26-18-9-7-17(8-10-18)25-16(2)29/h3-13H,14H2,1-2H3,(H,25,29)(H,26,30). The fourth-order valence-corrected chi connectivity index (χ4v) is 3.35. The summed E-state index contributed by atoms with van der Waals surface area (Å²) < 4.78 is 2.91. The van der Waals surface area contributed by atoms with Crippen molar-refractivity contribution in [3.05, 3.63) is 82.9 Å². The van der Waals surface area contributed by atoms with E-state index in [-0.39, 0.29) is 24.0 Å². The van der Waals surface area contributed by atoms with Crippen molar-refractivity contribution in [2.45, 2.75) is 20.4 Å². The molecule has 0 saturated carbocycles. The molecular formula is C23H21N5O3. The lowest BCUT2D eigenvalue weighted by Gasteiger charge is -2.08. The van der Waals surface area contributed by atoms with E-state index in [1.165, 1.54) is 16.1 Å². The highest BCUT2D eigenvalue weighted by Crippen LogP contribution is 2.17. The van der Waals surface area contributed by atoms with Crippen LogP contribution in [-0.2, 0) is 16.1 Å². The molecule has 4 aromatic rings. The lowest BCUT2D eigenvalue weighted by Crippen LogP contribution is -2.28. The molecule has 0 aliphatic heterocycles. The first-order valence-electron chi connectivity index (χ1n) is 9.73. The predicted molar refractivity (Wildman–Crippen MR) is 119 cm³/mol. The summed E-state index contributed by atoms with van der Waals surface area (Å²) in [5, 5.41) is 5.45. The average Bonchev–Trinajstić information content (AvgIpc) is 3.01. The van der Waals surface area contributed by atoms with Gasteiger partial charge in [-0.3, -0.25) is 14.2 Å². The van der Waals surface area contributed by atoms with E-state index in [1.807, 2.05) is 31.2 Å². The lowest BCUT2D eigenvalue weighted by atomic mass is 10.2. The summed E-state index contributed by atoms with van der Waals surface area (Å²) in [6, 6.07) is 17.8. The molecule has 2 heterocycles. The van der Waals surface area contributed by atoms with E-state index in [0.717, 1.165) is 5.56 Å². The minimum absolute atomic E-state index is 0.159. The number of nitrogens with one attached hydrogen (secondary N) is 2. The van der Waals surface area contributed by atoms with Gasteiger partial charge >= 0.3 is 5.69 Å². The Balaban J connectivity index is 1.62. The summed E-state index contributed by atoms with van der Waals surface area (Å²) in [4.78, 5) is 41.3. The van der Waals surface area contributed by atoms with Crippen LogP contribution in [0.4, 0.5) is 11.4 Å². The summed E-state index contributed by atoms with van der Waals surface area (Å²) in [6.45, 7) is 3.24. The first-order chi connectivity index (χ1) is 14.9. The maximum absolute atomic E-state index is 13.2. The number of aromatic nitrogens is 3. The Morgan fingerprint density at radius 2 is 1.58 bits per heavy atom. The number of carbonyl (C=O) groups is 2. The summed E-state index contributed by atoms with van der Waals surface area (Å²) >= 11 is 0. The van der Waals surface area contributed by atoms with Gasteiger partial charge in [0.05, 0.1) is 11.2 Å². The van der Waals surface area contributed by atoms with Gasteiger partial charge in [-0.1, -0.05) is 17.7 Å². The minimum Gasteiger partial charge on any atom is -0.326 e. The molecule has 0 unspecified atom stereocenters. The molecule has 0 spiro atoms. The molecule has 156 valence electrons. The van der Waals surface area contributed by atoms with Crippen LogP contribution in [0.25, 0.3) is 16.9 Å². The number of pyridine rings is 1. The van der Waals surface area contributed by atoms with Gasteiger partial charge in [0.2, 0.25) is 11.8 Å². The monoisotopic (exact) mass is 415 g/mol. The zero-order chi connectivity index (χ0) is 22.0. The van der Waals surface area contributed by atoms with Crippen LogP contribution in [-0.4, -0.2) is 25.9 Å². The van der Waals surface area contributed by atoms with Crippen molar-refractivity contribution >= 4 is 34.4 Å². The third-order valence-corrected chi connectivity index (χ3v) is 4.77. The number of amides is 2. The third kappa shape index (κ3) is 4.23. The fraction of sp³-hybridized carbons (Fsp3) is 0.130. The molecule has 31 heavy (non-hydrogen) atoms. The highest BCUT2D eigenvalue weighted by Gasteiger charge is 2.17. The van der Waals surface area contributed by atoms with Crippen LogP contribution in [0.5, 0.6) is 0 Å². The summed E-state index contributed by atoms with van der Waals surface area (Å²) in [6.07, 6.45) is 1.62. The molecule has 2 aromatic heterocycles. The number of hydrogen-bond donors (Lipinski definition) is 2. The van der Waals surface area contributed by atoms with E-state index in [4.69, 9.17) is 0 Å². The van der Waals surface area contributed by atoms with E-state index in [2.05, 4.69) is 15.6 Å². The molecule has 0 bridgehead atoms. The van der Waals surface area contributed by atoms with Crippen molar-refractivity contribution in [2.75, 3.05) is 10.6 Å². The number of nitrogens with zero attached hydrogens (tertiary/aromatic N) is 3. The molecular weight excluding hydrogens is 394 g/mol. The van der Waals surface area contributed by atoms with E-state index in [9.17, 15) is 14.4 Å². The van der Waals surface area contributed by atoms with Crippen molar-refractivity contribution in [1.82, 2.24) is 14.1 Å². The maximum atomic E-state index is 13.2.